The maximum Gasteiger partial charge on any atom is 0.0362 e. The number of piperidine rings is 1. The van der Waals surface area contributed by atoms with Gasteiger partial charge in [-0.1, -0.05) is 20.3 Å². The Bertz CT molecular complexity index is 291. The van der Waals surface area contributed by atoms with E-state index in [-0.39, 0.29) is 0 Å². The van der Waals surface area contributed by atoms with Crippen LogP contribution in [-0.2, 0) is 0 Å². The molecule has 2 saturated carbocycles. The maximum absolute atomic E-state index is 6.26. The van der Waals surface area contributed by atoms with Crippen molar-refractivity contribution < 1.29 is 0 Å². The van der Waals surface area contributed by atoms with Crippen molar-refractivity contribution in [1.82, 2.24) is 4.90 Å². The molecule has 3 aliphatic rings. The Balaban J connectivity index is 1.85. The monoisotopic (exact) mass is 236 g/mol. The van der Waals surface area contributed by atoms with Crippen molar-refractivity contribution in [3.63, 3.8) is 0 Å². The Kier molecular flexibility index (Phi) is 2.99. The van der Waals surface area contributed by atoms with Crippen LogP contribution in [0.15, 0.2) is 0 Å². The van der Waals surface area contributed by atoms with E-state index in [9.17, 15) is 0 Å². The first kappa shape index (κ1) is 12.0. The second kappa shape index (κ2) is 4.24. The van der Waals surface area contributed by atoms with Gasteiger partial charge in [-0.2, -0.15) is 0 Å². The van der Waals surface area contributed by atoms with E-state index in [0.717, 1.165) is 30.3 Å². The summed E-state index contributed by atoms with van der Waals surface area (Å²) in [5.41, 5.74) is 6.61. The SMILES string of the molecule is CC1CCC(C)C(CN)(N2CC3CCC2C3)C1. The van der Waals surface area contributed by atoms with Gasteiger partial charge in [-0.15, -0.1) is 0 Å². The second-order valence-corrected chi connectivity index (χ2v) is 7.08. The predicted molar refractivity (Wildman–Crippen MR) is 71.8 cm³/mol. The molecule has 0 radical (unpaired) electrons. The van der Waals surface area contributed by atoms with E-state index in [1.54, 1.807) is 0 Å². The fraction of sp³-hybridized carbons (Fsp3) is 1.00. The lowest BCUT2D eigenvalue weighted by atomic mass is 9.68. The van der Waals surface area contributed by atoms with Crippen LogP contribution in [0.5, 0.6) is 0 Å². The average Bonchev–Trinajstić information content (AvgIpc) is 2.94. The van der Waals surface area contributed by atoms with Crippen molar-refractivity contribution in [3.05, 3.63) is 0 Å². The number of nitrogens with two attached hydrogens (primary N) is 1. The molecule has 2 nitrogen and oxygen atoms in total. The Morgan fingerprint density at radius 2 is 2.00 bits per heavy atom. The number of nitrogens with zero attached hydrogens (tertiary/aromatic N) is 1. The normalized spacial score (nSPS) is 51.0. The van der Waals surface area contributed by atoms with Crippen molar-refractivity contribution >= 4 is 0 Å². The van der Waals surface area contributed by atoms with Gasteiger partial charge in [-0.3, -0.25) is 4.90 Å². The van der Waals surface area contributed by atoms with Crippen LogP contribution >= 0.6 is 0 Å². The zero-order valence-electron chi connectivity index (χ0n) is 11.5. The van der Waals surface area contributed by atoms with Gasteiger partial charge in [-0.05, 0) is 49.9 Å². The lowest BCUT2D eigenvalue weighted by molar-refractivity contribution is -0.0234. The van der Waals surface area contributed by atoms with Crippen molar-refractivity contribution in [3.8, 4) is 0 Å². The van der Waals surface area contributed by atoms with Gasteiger partial charge in [0.05, 0.1) is 0 Å². The van der Waals surface area contributed by atoms with Crippen LogP contribution < -0.4 is 5.73 Å². The fourth-order valence-electron chi connectivity index (χ4n) is 4.98. The molecule has 0 amide bonds. The van der Waals surface area contributed by atoms with Gasteiger partial charge in [0.25, 0.3) is 0 Å². The van der Waals surface area contributed by atoms with Crippen LogP contribution in [0.3, 0.4) is 0 Å². The molecule has 1 aliphatic heterocycles. The Morgan fingerprint density at radius 1 is 1.18 bits per heavy atom. The lowest BCUT2D eigenvalue weighted by Crippen LogP contribution is -2.62. The minimum absolute atomic E-state index is 0.345. The topological polar surface area (TPSA) is 29.3 Å². The molecule has 1 saturated heterocycles. The number of hydrogen-bond acceptors (Lipinski definition) is 2. The van der Waals surface area contributed by atoms with E-state index >= 15 is 0 Å². The van der Waals surface area contributed by atoms with Gasteiger partial charge in [0.15, 0.2) is 0 Å². The Hall–Kier alpha value is -0.0800. The van der Waals surface area contributed by atoms with Gasteiger partial charge >= 0.3 is 0 Å². The van der Waals surface area contributed by atoms with E-state index in [4.69, 9.17) is 5.73 Å². The molecule has 0 aromatic carbocycles. The molecule has 3 rings (SSSR count). The summed E-state index contributed by atoms with van der Waals surface area (Å²) in [6.07, 6.45) is 8.51. The van der Waals surface area contributed by atoms with E-state index in [1.807, 2.05) is 0 Å². The molecule has 98 valence electrons. The predicted octanol–water partition coefficient (Wildman–Crippen LogP) is 2.62. The highest BCUT2D eigenvalue weighted by atomic mass is 15.3. The first-order valence-corrected chi connectivity index (χ1v) is 7.62. The molecule has 2 N–H and O–H groups in total. The molecule has 17 heavy (non-hydrogen) atoms. The largest absolute Gasteiger partial charge is 0.329 e. The van der Waals surface area contributed by atoms with Crippen LogP contribution in [0.1, 0.15) is 52.4 Å². The quantitative estimate of drug-likeness (QED) is 0.798. The molecular formula is C15H28N2. The highest BCUT2D eigenvalue weighted by molar-refractivity contribution is 5.07. The second-order valence-electron chi connectivity index (χ2n) is 7.08. The highest BCUT2D eigenvalue weighted by Gasteiger charge is 2.51. The summed E-state index contributed by atoms with van der Waals surface area (Å²) in [5.74, 6) is 2.66. The summed E-state index contributed by atoms with van der Waals surface area (Å²) in [5, 5.41) is 0. The van der Waals surface area contributed by atoms with Crippen molar-refractivity contribution in [2.45, 2.75) is 64.0 Å². The van der Waals surface area contributed by atoms with Gasteiger partial charge in [0, 0.05) is 24.7 Å². The third-order valence-corrected chi connectivity index (χ3v) is 6.05. The van der Waals surface area contributed by atoms with Crippen molar-refractivity contribution in [1.29, 1.82) is 0 Å². The van der Waals surface area contributed by atoms with Gasteiger partial charge in [0.1, 0.15) is 0 Å². The molecule has 3 fully saturated rings. The molecule has 2 heteroatoms. The number of fused-ring (bicyclic) bond motifs is 2. The summed E-state index contributed by atoms with van der Waals surface area (Å²) in [7, 11) is 0. The third kappa shape index (κ3) is 1.76. The molecule has 0 spiro atoms. The molecular weight excluding hydrogens is 208 g/mol. The molecule has 2 aliphatic carbocycles. The summed E-state index contributed by atoms with van der Waals surface area (Å²) in [6, 6.07) is 0.872. The summed E-state index contributed by atoms with van der Waals surface area (Å²) >= 11 is 0. The van der Waals surface area contributed by atoms with E-state index < -0.39 is 0 Å². The molecule has 5 atom stereocenters. The molecule has 5 unspecified atom stereocenters. The summed E-state index contributed by atoms with van der Waals surface area (Å²) in [4.78, 5) is 2.85. The van der Waals surface area contributed by atoms with E-state index in [1.165, 1.54) is 45.1 Å². The average molecular weight is 236 g/mol. The van der Waals surface area contributed by atoms with E-state index in [2.05, 4.69) is 18.7 Å². The first-order chi connectivity index (χ1) is 8.15. The summed E-state index contributed by atoms with van der Waals surface area (Å²) in [6.45, 7) is 7.09. The first-order valence-electron chi connectivity index (χ1n) is 7.62. The smallest absolute Gasteiger partial charge is 0.0362 e. The Morgan fingerprint density at radius 3 is 2.59 bits per heavy atom. The summed E-state index contributed by atoms with van der Waals surface area (Å²) < 4.78 is 0. The van der Waals surface area contributed by atoms with Crippen LogP contribution in [0.4, 0.5) is 0 Å². The number of hydrogen-bond donors (Lipinski definition) is 1. The molecule has 1 heterocycles. The van der Waals surface area contributed by atoms with Crippen LogP contribution in [0, 0.1) is 17.8 Å². The lowest BCUT2D eigenvalue weighted by Gasteiger charge is -2.53. The molecule has 0 aromatic rings. The Labute approximate surface area is 106 Å². The number of likely N-dealkylation sites (tertiary alicyclic amines) is 1. The fourth-order valence-corrected chi connectivity index (χ4v) is 4.98. The van der Waals surface area contributed by atoms with E-state index in [0.29, 0.717) is 5.54 Å². The highest BCUT2D eigenvalue weighted by Crippen LogP contribution is 2.48. The van der Waals surface area contributed by atoms with Crippen LogP contribution in [-0.4, -0.2) is 29.6 Å². The van der Waals surface area contributed by atoms with Gasteiger partial charge < -0.3 is 5.73 Å². The third-order valence-electron chi connectivity index (χ3n) is 6.05. The maximum atomic E-state index is 6.26. The molecule has 0 aromatic heterocycles. The zero-order valence-corrected chi connectivity index (χ0v) is 11.5. The standard InChI is InChI=1S/C15H28N2/c1-11-3-4-12(2)15(8-11,10-16)17-9-13-5-6-14(17)7-13/h11-14H,3-10,16H2,1-2H3. The van der Waals surface area contributed by atoms with Gasteiger partial charge in [0.2, 0.25) is 0 Å². The van der Waals surface area contributed by atoms with Crippen LogP contribution in [0.25, 0.3) is 0 Å². The minimum Gasteiger partial charge on any atom is -0.329 e. The van der Waals surface area contributed by atoms with Crippen LogP contribution in [0.2, 0.25) is 0 Å². The molecule has 2 bridgehead atoms. The van der Waals surface area contributed by atoms with Gasteiger partial charge in [-0.25, -0.2) is 0 Å². The van der Waals surface area contributed by atoms with Crippen molar-refractivity contribution in [2.75, 3.05) is 13.1 Å². The minimum atomic E-state index is 0.345. The zero-order chi connectivity index (χ0) is 12.0. The van der Waals surface area contributed by atoms with Crippen molar-refractivity contribution in [2.24, 2.45) is 23.5 Å². The number of rotatable bonds is 2.